The number of nitrogens with one attached hydrogen (secondary N) is 1. The maximum Gasteiger partial charge on any atom is 0.240 e. The van der Waals surface area contributed by atoms with E-state index in [2.05, 4.69) is 10.3 Å². The second-order valence-corrected chi connectivity index (χ2v) is 6.04. The summed E-state index contributed by atoms with van der Waals surface area (Å²) in [6, 6.07) is 14.6. The van der Waals surface area contributed by atoms with Crippen molar-refractivity contribution in [3.05, 3.63) is 66.0 Å². The number of aromatic nitrogens is 1. The van der Waals surface area contributed by atoms with Crippen LogP contribution < -0.4 is 11.1 Å². The van der Waals surface area contributed by atoms with Crippen molar-refractivity contribution < 1.29 is 9.59 Å². The maximum atomic E-state index is 12.4. The topological polar surface area (TPSA) is 88.3 Å². The van der Waals surface area contributed by atoms with Crippen molar-refractivity contribution >= 4 is 11.8 Å². The fraction of sp³-hybridized carbons (Fsp3) is 0.316. The molecule has 132 valence electrons. The van der Waals surface area contributed by atoms with Crippen LogP contribution in [0, 0.1) is 0 Å². The van der Waals surface area contributed by atoms with Crippen LogP contribution in [0.3, 0.4) is 0 Å². The van der Waals surface area contributed by atoms with Crippen molar-refractivity contribution in [2.45, 2.75) is 25.4 Å². The maximum absolute atomic E-state index is 12.4. The smallest absolute Gasteiger partial charge is 0.240 e. The normalized spacial score (nSPS) is 12.9. The number of likely N-dealkylation sites (N-methyl/N-ethyl adjacent to an activating group) is 1. The molecule has 0 saturated heterocycles. The van der Waals surface area contributed by atoms with Crippen LogP contribution in [0.2, 0.25) is 0 Å². The van der Waals surface area contributed by atoms with E-state index < -0.39 is 6.04 Å². The van der Waals surface area contributed by atoms with Crippen molar-refractivity contribution in [1.29, 1.82) is 0 Å². The monoisotopic (exact) mass is 340 g/mol. The first-order valence-electron chi connectivity index (χ1n) is 8.22. The minimum atomic E-state index is -0.628. The molecular formula is C19H24N4O2. The van der Waals surface area contributed by atoms with Gasteiger partial charge in [0.05, 0.1) is 18.6 Å². The Hall–Kier alpha value is -2.73. The predicted molar refractivity (Wildman–Crippen MR) is 96.6 cm³/mol. The Balaban J connectivity index is 2.08. The molecule has 2 atom stereocenters. The molecule has 0 aliphatic rings. The van der Waals surface area contributed by atoms with E-state index in [1.807, 2.05) is 48.5 Å². The van der Waals surface area contributed by atoms with Crippen molar-refractivity contribution in [3.63, 3.8) is 0 Å². The second-order valence-electron chi connectivity index (χ2n) is 6.04. The fourth-order valence-corrected chi connectivity index (χ4v) is 2.55. The van der Waals surface area contributed by atoms with Crippen molar-refractivity contribution in [2.24, 2.45) is 5.73 Å². The summed E-state index contributed by atoms with van der Waals surface area (Å²) in [5.74, 6) is -0.502. The fourth-order valence-electron chi connectivity index (χ4n) is 2.55. The van der Waals surface area contributed by atoms with Gasteiger partial charge in [-0.05, 0) is 24.6 Å². The molecule has 0 radical (unpaired) electrons. The number of hydrogen-bond donors (Lipinski definition) is 2. The van der Waals surface area contributed by atoms with Gasteiger partial charge in [0, 0.05) is 25.4 Å². The molecule has 0 saturated carbocycles. The Kier molecular flexibility index (Phi) is 6.65. The lowest BCUT2D eigenvalue weighted by molar-refractivity contribution is -0.135. The zero-order valence-electron chi connectivity index (χ0n) is 14.6. The average Bonchev–Trinajstić information content (AvgIpc) is 2.62. The molecule has 1 heterocycles. The summed E-state index contributed by atoms with van der Waals surface area (Å²) in [6.07, 6.45) is 2.30. The number of nitrogens with two attached hydrogens (primary N) is 1. The lowest BCUT2D eigenvalue weighted by Gasteiger charge is -2.23. The zero-order chi connectivity index (χ0) is 18.2. The van der Waals surface area contributed by atoms with Gasteiger partial charge in [-0.3, -0.25) is 14.6 Å². The molecule has 1 unspecified atom stereocenters. The van der Waals surface area contributed by atoms with E-state index in [0.717, 1.165) is 11.3 Å². The largest absolute Gasteiger partial charge is 0.347 e. The third-order valence-corrected chi connectivity index (χ3v) is 3.82. The highest BCUT2D eigenvalue weighted by Gasteiger charge is 2.20. The molecule has 0 aliphatic carbocycles. The van der Waals surface area contributed by atoms with Crippen LogP contribution in [-0.2, 0) is 16.0 Å². The number of nitrogens with zero attached hydrogens (tertiary/aromatic N) is 2. The van der Waals surface area contributed by atoms with Crippen LogP contribution >= 0.6 is 0 Å². The standard InChI is InChI=1S/C19H24N4O2/c1-14(20)19(25)23(2)13-18(24)22-17(15-8-4-3-5-9-15)12-16-10-6-7-11-21-16/h3-11,14,17H,12-13,20H2,1-2H3,(H,22,24)/t14-,17?/m1/s1. The number of hydrogen-bond acceptors (Lipinski definition) is 4. The molecular weight excluding hydrogens is 316 g/mol. The Morgan fingerprint density at radius 2 is 1.84 bits per heavy atom. The van der Waals surface area contributed by atoms with E-state index in [9.17, 15) is 9.59 Å². The Morgan fingerprint density at radius 1 is 1.16 bits per heavy atom. The second kappa shape index (κ2) is 8.94. The number of pyridine rings is 1. The molecule has 6 heteroatoms. The molecule has 2 amide bonds. The van der Waals surface area contributed by atoms with Crippen molar-refractivity contribution in [1.82, 2.24) is 15.2 Å². The first-order valence-corrected chi connectivity index (χ1v) is 8.22. The average molecular weight is 340 g/mol. The first-order chi connectivity index (χ1) is 12.0. The summed E-state index contributed by atoms with van der Waals surface area (Å²) in [5.41, 5.74) is 7.45. The summed E-state index contributed by atoms with van der Waals surface area (Å²) in [6.45, 7) is 1.57. The molecule has 1 aromatic carbocycles. The van der Waals surface area contributed by atoms with E-state index in [1.54, 1.807) is 20.2 Å². The van der Waals surface area contributed by atoms with Gasteiger partial charge in [0.2, 0.25) is 11.8 Å². The summed E-state index contributed by atoms with van der Waals surface area (Å²) >= 11 is 0. The van der Waals surface area contributed by atoms with Gasteiger partial charge < -0.3 is 16.0 Å². The third-order valence-electron chi connectivity index (χ3n) is 3.82. The van der Waals surface area contributed by atoms with Gasteiger partial charge in [0.25, 0.3) is 0 Å². The zero-order valence-corrected chi connectivity index (χ0v) is 14.6. The highest BCUT2D eigenvalue weighted by atomic mass is 16.2. The number of amides is 2. The SMILES string of the molecule is C[C@@H](N)C(=O)N(C)CC(=O)NC(Cc1ccccn1)c1ccccc1. The quantitative estimate of drug-likeness (QED) is 0.795. The number of carbonyl (C=O) groups is 2. The van der Waals surface area contributed by atoms with Gasteiger partial charge in [-0.25, -0.2) is 0 Å². The Morgan fingerprint density at radius 3 is 2.44 bits per heavy atom. The molecule has 0 fully saturated rings. The Bertz CT molecular complexity index is 689. The summed E-state index contributed by atoms with van der Waals surface area (Å²) in [5, 5.41) is 2.99. The third kappa shape index (κ3) is 5.69. The molecule has 25 heavy (non-hydrogen) atoms. The van der Waals surface area contributed by atoms with Crippen LogP contribution in [0.4, 0.5) is 0 Å². The summed E-state index contributed by atoms with van der Waals surface area (Å²) in [7, 11) is 1.57. The lowest BCUT2D eigenvalue weighted by Crippen LogP contribution is -2.45. The predicted octanol–water partition coefficient (Wildman–Crippen LogP) is 1.29. The lowest BCUT2D eigenvalue weighted by atomic mass is 10.0. The van der Waals surface area contributed by atoms with E-state index in [4.69, 9.17) is 5.73 Å². The molecule has 0 aliphatic heterocycles. The van der Waals surface area contributed by atoms with Gasteiger partial charge in [-0.15, -0.1) is 0 Å². The van der Waals surface area contributed by atoms with Crippen LogP contribution in [0.15, 0.2) is 54.7 Å². The number of carbonyl (C=O) groups excluding carboxylic acids is 2. The van der Waals surface area contributed by atoms with Crippen LogP contribution in [0.25, 0.3) is 0 Å². The molecule has 0 bridgehead atoms. The van der Waals surface area contributed by atoms with Gasteiger partial charge in [-0.1, -0.05) is 36.4 Å². The van der Waals surface area contributed by atoms with E-state index >= 15 is 0 Å². The summed E-state index contributed by atoms with van der Waals surface area (Å²) in [4.78, 5) is 29.9. The number of rotatable bonds is 7. The minimum Gasteiger partial charge on any atom is -0.347 e. The van der Waals surface area contributed by atoms with E-state index in [0.29, 0.717) is 6.42 Å². The van der Waals surface area contributed by atoms with Crippen LogP contribution in [0.5, 0.6) is 0 Å². The van der Waals surface area contributed by atoms with Crippen LogP contribution in [0.1, 0.15) is 24.2 Å². The van der Waals surface area contributed by atoms with Crippen molar-refractivity contribution in [2.75, 3.05) is 13.6 Å². The van der Waals surface area contributed by atoms with Gasteiger partial charge in [0.15, 0.2) is 0 Å². The Labute approximate surface area is 148 Å². The molecule has 2 rings (SSSR count). The molecule has 0 spiro atoms. The van der Waals surface area contributed by atoms with Crippen LogP contribution in [-0.4, -0.2) is 41.3 Å². The van der Waals surface area contributed by atoms with Gasteiger partial charge >= 0.3 is 0 Å². The molecule has 3 N–H and O–H groups in total. The van der Waals surface area contributed by atoms with E-state index in [-0.39, 0.29) is 24.4 Å². The highest BCUT2D eigenvalue weighted by Crippen LogP contribution is 2.17. The minimum absolute atomic E-state index is 0.0358. The first kappa shape index (κ1) is 18.6. The highest BCUT2D eigenvalue weighted by molar-refractivity contribution is 5.87. The molecule has 1 aromatic heterocycles. The van der Waals surface area contributed by atoms with Gasteiger partial charge in [-0.2, -0.15) is 0 Å². The van der Waals surface area contributed by atoms with Gasteiger partial charge in [0.1, 0.15) is 0 Å². The van der Waals surface area contributed by atoms with E-state index in [1.165, 1.54) is 4.90 Å². The molecule has 6 nitrogen and oxygen atoms in total. The molecule has 2 aromatic rings. The van der Waals surface area contributed by atoms with Crippen molar-refractivity contribution in [3.8, 4) is 0 Å². The summed E-state index contributed by atoms with van der Waals surface area (Å²) < 4.78 is 0. The number of benzene rings is 1.